The summed E-state index contributed by atoms with van der Waals surface area (Å²) in [5.41, 5.74) is 8.79. The third kappa shape index (κ3) is 5.85. The van der Waals surface area contributed by atoms with Crippen LogP contribution >= 0.6 is 0 Å². The molecule has 0 saturated carbocycles. The van der Waals surface area contributed by atoms with E-state index in [1.54, 1.807) is 0 Å². The first-order chi connectivity index (χ1) is 8.09. The van der Waals surface area contributed by atoms with E-state index in [0.29, 0.717) is 5.92 Å². The number of ether oxygens (including phenoxy) is 1. The summed E-state index contributed by atoms with van der Waals surface area (Å²) in [6.07, 6.45) is 1.87. The summed E-state index contributed by atoms with van der Waals surface area (Å²) in [5.74, 6) is 0.600. The monoisotopic (exact) mass is 235 g/mol. The molecule has 0 heterocycles. The molecule has 0 amide bonds. The minimum absolute atomic E-state index is 0.197. The van der Waals surface area contributed by atoms with E-state index in [1.807, 2.05) is 0 Å². The van der Waals surface area contributed by atoms with Crippen molar-refractivity contribution >= 4 is 0 Å². The molecule has 2 heteroatoms. The lowest BCUT2D eigenvalue weighted by molar-refractivity contribution is 0.104. The number of benzene rings is 1. The van der Waals surface area contributed by atoms with E-state index < -0.39 is 0 Å². The zero-order valence-electron chi connectivity index (χ0n) is 11.3. The van der Waals surface area contributed by atoms with E-state index in [0.717, 1.165) is 26.1 Å². The molecule has 0 fully saturated rings. The van der Waals surface area contributed by atoms with Crippen LogP contribution in [-0.2, 0) is 11.2 Å². The Morgan fingerprint density at radius 3 is 2.59 bits per heavy atom. The molecular weight excluding hydrogens is 210 g/mol. The molecule has 2 N–H and O–H groups in total. The molecule has 2 nitrogen and oxygen atoms in total. The first kappa shape index (κ1) is 14.2. The fourth-order valence-corrected chi connectivity index (χ4v) is 1.78. The van der Waals surface area contributed by atoms with Gasteiger partial charge in [0.05, 0.1) is 0 Å². The van der Waals surface area contributed by atoms with Gasteiger partial charge in [0, 0.05) is 19.3 Å². The lowest BCUT2D eigenvalue weighted by Crippen LogP contribution is -2.25. The minimum atomic E-state index is 0.197. The molecule has 1 unspecified atom stereocenters. The third-order valence-corrected chi connectivity index (χ3v) is 2.83. The predicted molar refractivity (Wildman–Crippen MR) is 73.1 cm³/mol. The van der Waals surface area contributed by atoms with Gasteiger partial charge < -0.3 is 10.5 Å². The Hall–Kier alpha value is -0.860. The summed E-state index contributed by atoms with van der Waals surface area (Å²) in [5, 5.41) is 0. The van der Waals surface area contributed by atoms with Crippen LogP contribution in [0, 0.1) is 12.8 Å². The molecule has 17 heavy (non-hydrogen) atoms. The zero-order chi connectivity index (χ0) is 12.7. The smallest absolute Gasteiger partial charge is 0.0489 e. The summed E-state index contributed by atoms with van der Waals surface area (Å²) < 4.78 is 5.55. The maximum atomic E-state index is 6.11. The van der Waals surface area contributed by atoms with Crippen molar-refractivity contribution in [2.24, 2.45) is 11.7 Å². The molecule has 96 valence electrons. The van der Waals surface area contributed by atoms with Crippen LogP contribution in [0.15, 0.2) is 24.3 Å². The Morgan fingerprint density at radius 1 is 1.24 bits per heavy atom. The SMILES string of the molecule is Cc1ccccc1CC(N)CCOCC(C)C. The van der Waals surface area contributed by atoms with Crippen LogP contribution in [-0.4, -0.2) is 19.3 Å². The van der Waals surface area contributed by atoms with E-state index in [9.17, 15) is 0 Å². The van der Waals surface area contributed by atoms with Crippen molar-refractivity contribution in [2.45, 2.75) is 39.7 Å². The summed E-state index contributed by atoms with van der Waals surface area (Å²) >= 11 is 0. The number of aryl methyl sites for hydroxylation is 1. The molecule has 0 aliphatic heterocycles. The molecule has 0 aliphatic rings. The highest BCUT2D eigenvalue weighted by atomic mass is 16.5. The highest BCUT2D eigenvalue weighted by Crippen LogP contribution is 2.10. The van der Waals surface area contributed by atoms with Gasteiger partial charge >= 0.3 is 0 Å². The second kappa shape index (κ2) is 7.46. The molecule has 0 aliphatic carbocycles. The summed E-state index contributed by atoms with van der Waals surface area (Å²) in [6, 6.07) is 8.63. The Labute approximate surface area is 105 Å². The van der Waals surface area contributed by atoms with Gasteiger partial charge in [0.15, 0.2) is 0 Å². The van der Waals surface area contributed by atoms with Crippen LogP contribution in [0.4, 0.5) is 0 Å². The lowest BCUT2D eigenvalue weighted by atomic mass is 10.0. The van der Waals surface area contributed by atoms with Gasteiger partial charge in [-0.15, -0.1) is 0 Å². The van der Waals surface area contributed by atoms with Crippen molar-refractivity contribution in [3.05, 3.63) is 35.4 Å². The van der Waals surface area contributed by atoms with Crippen molar-refractivity contribution < 1.29 is 4.74 Å². The van der Waals surface area contributed by atoms with E-state index in [-0.39, 0.29) is 6.04 Å². The largest absolute Gasteiger partial charge is 0.381 e. The normalized spacial score (nSPS) is 13.0. The van der Waals surface area contributed by atoms with Crippen LogP contribution in [0.3, 0.4) is 0 Å². The minimum Gasteiger partial charge on any atom is -0.381 e. The van der Waals surface area contributed by atoms with Crippen LogP contribution in [0.1, 0.15) is 31.4 Å². The summed E-state index contributed by atoms with van der Waals surface area (Å²) in [4.78, 5) is 0. The van der Waals surface area contributed by atoms with Crippen LogP contribution in [0.2, 0.25) is 0 Å². The van der Waals surface area contributed by atoms with Crippen molar-refractivity contribution in [1.82, 2.24) is 0 Å². The molecule has 0 bridgehead atoms. The lowest BCUT2D eigenvalue weighted by Gasteiger charge is -2.14. The Balaban J connectivity index is 2.25. The van der Waals surface area contributed by atoms with Gasteiger partial charge in [0.2, 0.25) is 0 Å². The summed E-state index contributed by atoms with van der Waals surface area (Å²) in [7, 11) is 0. The second-order valence-corrected chi connectivity index (χ2v) is 5.15. The molecule has 0 radical (unpaired) electrons. The molecule has 1 atom stereocenters. The van der Waals surface area contributed by atoms with Gasteiger partial charge in [-0.05, 0) is 36.8 Å². The highest BCUT2D eigenvalue weighted by molar-refractivity contribution is 5.26. The quantitative estimate of drug-likeness (QED) is 0.737. The number of hydrogen-bond donors (Lipinski definition) is 1. The number of hydrogen-bond acceptors (Lipinski definition) is 2. The Morgan fingerprint density at radius 2 is 1.94 bits per heavy atom. The van der Waals surface area contributed by atoms with Gasteiger partial charge in [0.25, 0.3) is 0 Å². The van der Waals surface area contributed by atoms with Crippen LogP contribution in [0.5, 0.6) is 0 Å². The highest BCUT2D eigenvalue weighted by Gasteiger charge is 2.06. The molecule has 0 saturated heterocycles. The first-order valence-electron chi connectivity index (χ1n) is 6.47. The van der Waals surface area contributed by atoms with E-state index in [4.69, 9.17) is 10.5 Å². The fourth-order valence-electron chi connectivity index (χ4n) is 1.78. The second-order valence-electron chi connectivity index (χ2n) is 5.15. The molecule has 0 spiro atoms. The van der Waals surface area contributed by atoms with Gasteiger partial charge in [-0.2, -0.15) is 0 Å². The average Bonchev–Trinajstić information content (AvgIpc) is 2.27. The Bertz CT molecular complexity index is 322. The van der Waals surface area contributed by atoms with Crippen molar-refractivity contribution in [3.8, 4) is 0 Å². The maximum absolute atomic E-state index is 6.11. The van der Waals surface area contributed by atoms with E-state index >= 15 is 0 Å². The van der Waals surface area contributed by atoms with Gasteiger partial charge in [0.1, 0.15) is 0 Å². The van der Waals surface area contributed by atoms with Crippen molar-refractivity contribution in [2.75, 3.05) is 13.2 Å². The number of rotatable bonds is 7. The third-order valence-electron chi connectivity index (χ3n) is 2.83. The zero-order valence-corrected chi connectivity index (χ0v) is 11.3. The van der Waals surface area contributed by atoms with Crippen LogP contribution in [0.25, 0.3) is 0 Å². The van der Waals surface area contributed by atoms with E-state index in [1.165, 1.54) is 11.1 Å². The molecular formula is C15H25NO. The number of nitrogens with two attached hydrogens (primary N) is 1. The standard InChI is InChI=1S/C15H25NO/c1-12(2)11-17-9-8-15(16)10-14-7-5-4-6-13(14)3/h4-7,12,15H,8-11,16H2,1-3H3. The fraction of sp³-hybridized carbons (Fsp3) is 0.600. The predicted octanol–water partition coefficient (Wildman–Crippen LogP) is 2.93. The van der Waals surface area contributed by atoms with Crippen molar-refractivity contribution in [1.29, 1.82) is 0 Å². The summed E-state index contributed by atoms with van der Waals surface area (Å²) in [6.45, 7) is 8.06. The molecule has 1 aromatic rings. The topological polar surface area (TPSA) is 35.2 Å². The average molecular weight is 235 g/mol. The van der Waals surface area contributed by atoms with E-state index in [2.05, 4.69) is 45.0 Å². The Kier molecular flexibility index (Phi) is 6.23. The van der Waals surface area contributed by atoms with Gasteiger partial charge in [-0.25, -0.2) is 0 Å². The molecule has 1 rings (SSSR count). The first-order valence-corrected chi connectivity index (χ1v) is 6.47. The van der Waals surface area contributed by atoms with Crippen molar-refractivity contribution in [3.63, 3.8) is 0 Å². The van der Waals surface area contributed by atoms with Gasteiger partial charge in [-0.1, -0.05) is 38.1 Å². The van der Waals surface area contributed by atoms with Gasteiger partial charge in [-0.3, -0.25) is 0 Å². The maximum Gasteiger partial charge on any atom is 0.0489 e. The molecule has 0 aromatic heterocycles. The molecule has 1 aromatic carbocycles. The van der Waals surface area contributed by atoms with Crippen LogP contribution < -0.4 is 5.73 Å².